The Balaban J connectivity index is 1.59. The number of ether oxygens (including phenoxy) is 1. The second-order valence-corrected chi connectivity index (χ2v) is 8.76. The summed E-state index contributed by atoms with van der Waals surface area (Å²) in [5.74, 6) is 0.290. The van der Waals surface area contributed by atoms with Crippen LogP contribution < -0.4 is 14.8 Å². The maximum atomic E-state index is 12.5. The van der Waals surface area contributed by atoms with Crippen molar-refractivity contribution >= 4 is 27.3 Å². The highest BCUT2D eigenvalue weighted by Crippen LogP contribution is 2.19. The quantitative estimate of drug-likeness (QED) is 0.588. The molecular formula is C23H24N2O4S. The minimum atomic E-state index is -3.72. The molecule has 6 nitrogen and oxygen atoms in total. The van der Waals surface area contributed by atoms with Gasteiger partial charge in [-0.3, -0.25) is 9.52 Å². The van der Waals surface area contributed by atoms with Crippen molar-refractivity contribution in [3.8, 4) is 5.75 Å². The molecule has 0 aliphatic rings. The Labute approximate surface area is 177 Å². The Morgan fingerprint density at radius 3 is 2.27 bits per heavy atom. The van der Waals surface area contributed by atoms with E-state index in [1.807, 2.05) is 45.0 Å². The molecule has 0 aliphatic heterocycles. The van der Waals surface area contributed by atoms with Gasteiger partial charge in [0.2, 0.25) is 0 Å². The van der Waals surface area contributed by atoms with Gasteiger partial charge in [-0.2, -0.15) is 0 Å². The highest BCUT2D eigenvalue weighted by atomic mass is 32.2. The van der Waals surface area contributed by atoms with Crippen molar-refractivity contribution in [2.24, 2.45) is 0 Å². The summed E-state index contributed by atoms with van der Waals surface area (Å²) in [4.78, 5) is 12.2. The molecule has 0 fully saturated rings. The summed E-state index contributed by atoms with van der Waals surface area (Å²) >= 11 is 0. The van der Waals surface area contributed by atoms with Crippen LogP contribution in [0.3, 0.4) is 0 Å². The molecule has 0 saturated heterocycles. The average Bonchev–Trinajstić information content (AvgIpc) is 2.69. The van der Waals surface area contributed by atoms with E-state index in [2.05, 4.69) is 10.0 Å². The van der Waals surface area contributed by atoms with E-state index >= 15 is 0 Å². The van der Waals surface area contributed by atoms with Crippen molar-refractivity contribution in [1.82, 2.24) is 0 Å². The van der Waals surface area contributed by atoms with Crippen LogP contribution in [0.5, 0.6) is 5.75 Å². The normalized spacial score (nSPS) is 11.0. The van der Waals surface area contributed by atoms with Crippen molar-refractivity contribution in [1.29, 1.82) is 0 Å². The maximum Gasteiger partial charge on any atom is 0.262 e. The van der Waals surface area contributed by atoms with Gasteiger partial charge in [-0.1, -0.05) is 18.2 Å². The van der Waals surface area contributed by atoms with Crippen molar-refractivity contribution in [3.05, 3.63) is 83.4 Å². The molecule has 0 atom stereocenters. The van der Waals surface area contributed by atoms with E-state index < -0.39 is 10.0 Å². The van der Waals surface area contributed by atoms with Gasteiger partial charge in [0.05, 0.1) is 4.90 Å². The van der Waals surface area contributed by atoms with Crippen LogP contribution in [0.2, 0.25) is 0 Å². The molecular weight excluding hydrogens is 400 g/mol. The van der Waals surface area contributed by atoms with Crippen molar-refractivity contribution < 1.29 is 17.9 Å². The molecule has 3 aromatic carbocycles. The van der Waals surface area contributed by atoms with Crippen molar-refractivity contribution in [2.45, 2.75) is 25.7 Å². The molecule has 0 radical (unpaired) electrons. The number of hydrogen-bond donors (Lipinski definition) is 2. The maximum absolute atomic E-state index is 12.5. The standard InChI is InChI=1S/C23H24N2O4S/c1-16-5-4-6-20(13-16)25-30(27,28)22-11-8-19(9-12-22)24-23(26)15-29-21-10-7-17(2)18(3)14-21/h4-14,25H,15H2,1-3H3,(H,24,26). The largest absolute Gasteiger partial charge is 0.484 e. The van der Waals surface area contributed by atoms with Gasteiger partial charge in [-0.05, 0) is 86.0 Å². The van der Waals surface area contributed by atoms with Crippen LogP contribution in [0.15, 0.2) is 71.6 Å². The smallest absolute Gasteiger partial charge is 0.262 e. The number of benzene rings is 3. The number of rotatable bonds is 7. The van der Waals surface area contributed by atoms with Crippen LogP contribution in [-0.4, -0.2) is 20.9 Å². The molecule has 0 heterocycles. The second-order valence-electron chi connectivity index (χ2n) is 7.08. The number of anilines is 2. The lowest BCUT2D eigenvalue weighted by Gasteiger charge is -2.11. The molecule has 0 saturated carbocycles. The lowest BCUT2D eigenvalue weighted by atomic mass is 10.1. The van der Waals surface area contributed by atoms with E-state index in [9.17, 15) is 13.2 Å². The molecule has 1 amide bonds. The highest BCUT2D eigenvalue weighted by Gasteiger charge is 2.14. The SMILES string of the molecule is Cc1cccc(NS(=O)(=O)c2ccc(NC(=O)COc3ccc(C)c(C)c3)cc2)c1. The van der Waals surface area contributed by atoms with Gasteiger partial charge in [0.15, 0.2) is 6.61 Å². The van der Waals surface area contributed by atoms with Gasteiger partial charge in [0, 0.05) is 11.4 Å². The van der Waals surface area contributed by atoms with Gasteiger partial charge in [-0.15, -0.1) is 0 Å². The average molecular weight is 425 g/mol. The number of amides is 1. The summed E-state index contributed by atoms with van der Waals surface area (Å²) in [5, 5.41) is 2.69. The fourth-order valence-electron chi connectivity index (χ4n) is 2.79. The fourth-order valence-corrected chi connectivity index (χ4v) is 3.84. The second kappa shape index (κ2) is 9.00. The van der Waals surface area contributed by atoms with E-state index in [1.54, 1.807) is 30.3 Å². The molecule has 2 N–H and O–H groups in total. The lowest BCUT2D eigenvalue weighted by molar-refractivity contribution is -0.118. The first kappa shape index (κ1) is 21.4. The van der Waals surface area contributed by atoms with Crippen molar-refractivity contribution in [2.75, 3.05) is 16.6 Å². The van der Waals surface area contributed by atoms with Gasteiger partial charge in [-0.25, -0.2) is 8.42 Å². The van der Waals surface area contributed by atoms with E-state index in [4.69, 9.17) is 4.74 Å². The monoisotopic (exact) mass is 424 g/mol. The van der Waals surface area contributed by atoms with E-state index in [-0.39, 0.29) is 17.4 Å². The van der Waals surface area contributed by atoms with Gasteiger partial charge in [0.25, 0.3) is 15.9 Å². The number of aryl methyl sites for hydroxylation is 3. The molecule has 0 bridgehead atoms. The third-order valence-corrected chi connectivity index (χ3v) is 5.96. The predicted molar refractivity (Wildman–Crippen MR) is 118 cm³/mol. The Kier molecular flexibility index (Phi) is 6.42. The first-order valence-electron chi connectivity index (χ1n) is 9.42. The number of carbonyl (C=O) groups is 1. The highest BCUT2D eigenvalue weighted by molar-refractivity contribution is 7.92. The van der Waals surface area contributed by atoms with E-state index in [0.29, 0.717) is 17.1 Å². The van der Waals surface area contributed by atoms with Crippen LogP contribution in [0.25, 0.3) is 0 Å². The zero-order chi connectivity index (χ0) is 21.7. The summed E-state index contributed by atoms with van der Waals surface area (Å²) in [5.41, 5.74) is 4.17. The third-order valence-electron chi connectivity index (χ3n) is 4.57. The topological polar surface area (TPSA) is 84.5 Å². The van der Waals surface area contributed by atoms with Crippen LogP contribution in [-0.2, 0) is 14.8 Å². The van der Waals surface area contributed by atoms with Crippen LogP contribution in [0, 0.1) is 20.8 Å². The number of carbonyl (C=O) groups excluding carboxylic acids is 1. The molecule has 0 aromatic heterocycles. The van der Waals surface area contributed by atoms with Crippen LogP contribution >= 0.6 is 0 Å². The molecule has 30 heavy (non-hydrogen) atoms. The number of hydrogen-bond acceptors (Lipinski definition) is 4. The summed E-state index contributed by atoms with van der Waals surface area (Å²) in [6.07, 6.45) is 0. The van der Waals surface area contributed by atoms with Gasteiger partial charge in [0.1, 0.15) is 5.75 Å². The summed E-state index contributed by atoms with van der Waals surface area (Å²) in [6, 6.07) is 18.7. The fraction of sp³-hybridized carbons (Fsp3) is 0.174. The third kappa shape index (κ3) is 5.61. The molecule has 0 aliphatic carbocycles. The van der Waals surface area contributed by atoms with Crippen LogP contribution in [0.4, 0.5) is 11.4 Å². The van der Waals surface area contributed by atoms with Gasteiger partial charge >= 0.3 is 0 Å². The minimum absolute atomic E-state index is 0.105. The molecule has 0 spiro atoms. The van der Waals surface area contributed by atoms with Crippen LogP contribution in [0.1, 0.15) is 16.7 Å². The Hall–Kier alpha value is -3.32. The Morgan fingerprint density at radius 1 is 0.867 bits per heavy atom. The molecule has 3 aromatic rings. The Morgan fingerprint density at radius 2 is 1.60 bits per heavy atom. The number of nitrogens with one attached hydrogen (secondary N) is 2. The minimum Gasteiger partial charge on any atom is -0.484 e. The predicted octanol–water partition coefficient (Wildman–Crippen LogP) is 4.43. The zero-order valence-electron chi connectivity index (χ0n) is 17.1. The summed E-state index contributed by atoms with van der Waals surface area (Å²) in [6.45, 7) is 5.73. The number of sulfonamides is 1. The zero-order valence-corrected chi connectivity index (χ0v) is 17.9. The summed E-state index contributed by atoms with van der Waals surface area (Å²) < 4.78 is 33.1. The molecule has 7 heteroatoms. The van der Waals surface area contributed by atoms with E-state index in [1.165, 1.54) is 12.1 Å². The Bertz CT molecular complexity index is 1160. The van der Waals surface area contributed by atoms with Gasteiger partial charge < -0.3 is 10.1 Å². The lowest BCUT2D eigenvalue weighted by Crippen LogP contribution is -2.20. The first-order chi connectivity index (χ1) is 14.2. The van der Waals surface area contributed by atoms with E-state index in [0.717, 1.165) is 16.7 Å². The molecule has 156 valence electrons. The first-order valence-corrected chi connectivity index (χ1v) is 10.9. The van der Waals surface area contributed by atoms with Crippen molar-refractivity contribution in [3.63, 3.8) is 0 Å². The summed E-state index contributed by atoms with van der Waals surface area (Å²) in [7, 11) is -3.72. The molecule has 3 rings (SSSR count). The molecule has 0 unspecified atom stereocenters.